The molecule has 2 heteroatoms. The highest BCUT2D eigenvalue weighted by Gasteiger charge is 2.01. The molecule has 1 nitrogen and oxygen atoms in total. The van der Waals surface area contributed by atoms with Crippen LogP contribution in [0.15, 0.2) is 31.4 Å². The van der Waals surface area contributed by atoms with Gasteiger partial charge in [0.1, 0.15) is 0 Å². The van der Waals surface area contributed by atoms with E-state index in [1.165, 1.54) is 0 Å². The van der Waals surface area contributed by atoms with E-state index in [0.717, 1.165) is 16.4 Å². The zero-order chi connectivity index (χ0) is 8.97. The van der Waals surface area contributed by atoms with Gasteiger partial charge in [0.05, 0.1) is 5.30 Å². The van der Waals surface area contributed by atoms with Crippen molar-refractivity contribution < 1.29 is 4.57 Å². The summed E-state index contributed by atoms with van der Waals surface area (Å²) in [5.74, 6) is 0. The van der Waals surface area contributed by atoms with Crippen LogP contribution < -0.4 is 5.30 Å². The fourth-order valence-corrected chi connectivity index (χ4v) is 1.52. The molecule has 0 saturated heterocycles. The van der Waals surface area contributed by atoms with E-state index in [-0.39, 0.29) is 8.46 Å². The van der Waals surface area contributed by atoms with E-state index < -0.39 is 0 Å². The SMILES string of the molecule is C=Cc1cccc(P=O)c1C=C. The highest BCUT2D eigenvalue weighted by molar-refractivity contribution is 7.34. The van der Waals surface area contributed by atoms with Gasteiger partial charge in [-0.25, -0.2) is 0 Å². The number of hydrogen-bond donors (Lipinski definition) is 0. The van der Waals surface area contributed by atoms with Crippen molar-refractivity contribution in [3.05, 3.63) is 42.5 Å². The standard InChI is InChI=1S/C10H9OP/c1-3-8-6-5-7-10(12-11)9(8)4-2/h3-7H,1-2H2. The van der Waals surface area contributed by atoms with Gasteiger partial charge in [-0.1, -0.05) is 37.4 Å². The highest BCUT2D eigenvalue weighted by Crippen LogP contribution is 2.13. The van der Waals surface area contributed by atoms with Crippen LogP contribution in [0.4, 0.5) is 0 Å². The zero-order valence-electron chi connectivity index (χ0n) is 6.66. The lowest BCUT2D eigenvalue weighted by Gasteiger charge is -2.01. The first kappa shape index (κ1) is 8.89. The van der Waals surface area contributed by atoms with Crippen molar-refractivity contribution in [2.75, 3.05) is 0 Å². The molecule has 0 atom stereocenters. The molecule has 0 aliphatic rings. The lowest BCUT2D eigenvalue weighted by atomic mass is 10.1. The third kappa shape index (κ3) is 1.51. The van der Waals surface area contributed by atoms with E-state index in [9.17, 15) is 4.57 Å². The molecule has 1 rings (SSSR count). The summed E-state index contributed by atoms with van der Waals surface area (Å²) in [7, 11) is 0.0233. The van der Waals surface area contributed by atoms with Crippen LogP contribution in [0.1, 0.15) is 11.1 Å². The van der Waals surface area contributed by atoms with Gasteiger partial charge in [0.2, 0.25) is 0 Å². The Bertz CT molecular complexity index is 302. The Balaban J connectivity index is 3.40. The summed E-state index contributed by atoms with van der Waals surface area (Å²) >= 11 is 0. The van der Waals surface area contributed by atoms with Crippen LogP contribution in [0.25, 0.3) is 12.2 Å². The predicted molar refractivity (Wildman–Crippen MR) is 53.9 cm³/mol. The summed E-state index contributed by atoms with van der Waals surface area (Å²) in [5, 5.41) is 0.752. The van der Waals surface area contributed by atoms with E-state index in [4.69, 9.17) is 0 Å². The van der Waals surface area contributed by atoms with E-state index in [1.807, 2.05) is 12.1 Å². The lowest BCUT2D eigenvalue weighted by Crippen LogP contribution is -1.98. The van der Waals surface area contributed by atoms with E-state index in [2.05, 4.69) is 13.2 Å². The molecule has 1 aromatic carbocycles. The second-order valence-corrected chi connectivity index (χ2v) is 2.94. The molecule has 12 heavy (non-hydrogen) atoms. The van der Waals surface area contributed by atoms with E-state index >= 15 is 0 Å². The van der Waals surface area contributed by atoms with Gasteiger partial charge in [-0.05, 0) is 17.2 Å². The monoisotopic (exact) mass is 176 g/mol. The van der Waals surface area contributed by atoms with Gasteiger partial charge in [-0.2, -0.15) is 0 Å². The Morgan fingerprint density at radius 2 is 2.00 bits per heavy atom. The minimum Gasteiger partial charge on any atom is -0.269 e. The van der Waals surface area contributed by atoms with Crippen LogP contribution in [0.3, 0.4) is 0 Å². The Hall–Kier alpha value is -1.20. The maximum absolute atomic E-state index is 10.7. The average Bonchev–Trinajstić information content (AvgIpc) is 2.16. The molecule has 1 aromatic rings. The fraction of sp³-hybridized carbons (Fsp3) is 0. The van der Waals surface area contributed by atoms with E-state index in [1.54, 1.807) is 18.2 Å². The summed E-state index contributed by atoms with van der Waals surface area (Å²) in [6, 6.07) is 5.57. The summed E-state index contributed by atoms with van der Waals surface area (Å²) in [4.78, 5) is 0. The molecule has 0 heterocycles. The number of rotatable bonds is 3. The van der Waals surface area contributed by atoms with Gasteiger partial charge in [0.25, 0.3) is 0 Å². The molecular formula is C10H9OP. The first-order chi connectivity index (χ1) is 5.83. The maximum atomic E-state index is 10.7. The van der Waals surface area contributed by atoms with Crippen LogP contribution in [0.2, 0.25) is 0 Å². The second kappa shape index (κ2) is 3.99. The van der Waals surface area contributed by atoms with Crippen LogP contribution in [0, 0.1) is 0 Å². The van der Waals surface area contributed by atoms with Gasteiger partial charge in [-0.3, -0.25) is 4.57 Å². The van der Waals surface area contributed by atoms with Crippen LogP contribution in [-0.2, 0) is 4.57 Å². The van der Waals surface area contributed by atoms with Crippen molar-refractivity contribution in [1.82, 2.24) is 0 Å². The van der Waals surface area contributed by atoms with Gasteiger partial charge in [0, 0.05) is 0 Å². The minimum absolute atomic E-state index is 0.0233. The smallest absolute Gasteiger partial charge is 0.192 e. The first-order valence-corrected chi connectivity index (χ1v) is 4.36. The van der Waals surface area contributed by atoms with E-state index in [0.29, 0.717) is 0 Å². The minimum atomic E-state index is 0.0233. The van der Waals surface area contributed by atoms with Gasteiger partial charge in [-0.15, -0.1) is 0 Å². The summed E-state index contributed by atoms with van der Waals surface area (Å²) in [6.07, 6.45) is 3.42. The lowest BCUT2D eigenvalue weighted by molar-refractivity contribution is 0.603. The van der Waals surface area contributed by atoms with Crippen LogP contribution in [0.5, 0.6) is 0 Å². The van der Waals surface area contributed by atoms with Crippen molar-refractivity contribution >= 4 is 25.9 Å². The first-order valence-electron chi connectivity index (χ1n) is 3.54. The molecule has 0 aromatic heterocycles. The van der Waals surface area contributed by atoms with Crippen molar-refractivity contribution in [1.29, 1.82) is 0 Å². The maximum Gasteiger partial charge on any atom is 0.192 e. The Morgan fingerprint density at radius 3 is 2.50 bits per heavy atom. The molecule has 0 aliphatic heterocycles. The Morgan fingerprint density at radius 1 is 1.25 bits per heavy atom. The molecule has 0 bridgehead atoms. The third-order valence-corrected chi connectivity index (χ3v) is 2.23. The van der Waals surface area contributed by atoms with Crippen molar-refractivity contribution in [2.45, 2.75) is 0 Å². The Labute approximate surface area is 73.6 Å². The normalized spacial score (nSPS) is 9.67. The number of hydrogen-bond acceptors (Lipinski definition) is 1. The van der Waals surface area contributed by atoms with Crippen molar-refractivity contribution in [3.8, 4) is 0 Å². The number of benzene rings is 1. The van der Waals surface area contributed by atoms with Crippen LogP contribution in [-0.4, -0.2) is 0 Å². The molecule has 0 amide bonds. The molecule has 0 saturated carbocycles. The highest BCUT2D eigenvalue weighted by atomic mass is 31.1. The van der Waals surface area contributed by atoms with Crippen molar-refractivity contribution in [2.24, 2.45) is 0 Å². The summed E-state index contributed by atoms with van der Waals surface area (Å²) < 4.78 is 10.7. The van der Waals surface area contributed by atoms with Gasteiger partial charge >= 0.3 is 0 Å². The quantitative estimate of drug-likeness (QED) is 0.647. The molecule has 0 N–H and O–H groups in total. The molecule has 60 valence electrons. The average molecular weight is 176 g/mol. The molecule has 0 radical (unpaired) electrons. The van der Waals surface area contributed by atoms with Crippen molar-refractivity contribution in [3.63, 3.8) is 0 Å². The molecule has 0 spiro atoms. The predicted octanol–water partition coefficient (Wildman–Crippen LogP) is 2.89. The summed E-state index contributed by atoms with van der Waals surface area (Å²) in [5.41, 5.74) is 1.86. The zero-order valence-corrected chi connectivity index (χ0v) is 7.55. The van der Waals surface area contributed by atoms with Gasteiger partial charge in [0.15, 0.2) is 8.46 Å². The molecule has 0 aliphatic carbocycles. The molecule has 0 fully saturated rings. The fourth-order valence-electron chi connectivity index (χ4n) is 1.05. The molecular weight excluding hydrogens is 167 g/mol. The summed E-state index contributed by atoms with van der Waals surface area (Å²) in [6.45, 7) is 7.32. The molecule has 0 unspecified atom stereocenters. The van der Waals surface area contributed by atoms with Crippen LogP contribution >= 0.6 is 8.46 Å². The van der Waals surface area contributed by atoms with Gasteiger partial charge < -0.3 is 0 Å². The Kier molecular flexibility index (Phi) is 2.95. The second-order valence-electron chi connectivity index (χ2n) is 2.28. The largest absolute Gasteiger partial charge is 0.269 e. The third-order valence-electron chi connectivity index (χ3n) is 1.64. The topological polar surface area (TPSA) is 17.1 Å².